The molecule has 5 aromatic rings. The average molecular weight is 588 g/mol. The molecule has 1 fully saturated rings. The summed E-state index contributed by atoms with van der Waals surface area (Å²) in [4.78, 5) is 5.63. The van der Waals surface area contributed by atoms with Crippen LogP contribution in [-0.2, 0) is 0 Å². The molecule has 9 heteroatoms. The van der Waals surface area contributed by atoms with Gasteiger partial charge in [0.25, 0.3) is 0 Å². The van der Waals surface area contributed by atoms with Gasteiger partial charge in [0.05, 0.1) is 11.9 Å². The van der Waals surface area contributed by atoms with E-state index in [9.17, 15) is 5.11 Å². The highest BCUT2D eigenvalue weighted by atomic mass is 35.5. The Hall–Kier alpha value is -3.85. The first-order valence-electron chi connectivity index (χ1n) is 14.3. The molecule has 1 aliphatic heterocycles. The van der Waals surface area contributed by atoms with Gasteiger partial charge in [0.15, 0.2) is 0 Å². The number of benzene rings is 3. The fourth-order valence-corrected chi connectivity index (χ4v) is 6.10. The minimum atomic E-state index is -1.06. The Morgan fingerprint density at radius 3 is 2.55 bits per heavy atom. The minimum Gasteiger partial charge on any atom is -0.457 e. The number of nitrogens with two attached hydrogens (primary N) is 1. The lowest BCUT2D eigenvalue weighted by Crippen LogP contribution is -2.37. The van der Waals surface area contributed by atoms with Crippen LogP contribution in [0.25, 0.3) is 16.6 Å². The van der Waals surface area contributed by atoms with Crippen molar-refractivity contribution in [2.24, 2.45) is 0 Å². The zero-order valence-electron chi connectivity index (χ0n) is 23.9. The summed E-state index contributed by atoms with van der Waals surface area (Å²) in [6.45, 7) is 8.28. The fraction of sp³-hybridized carbons (Fsp3) is 0.303. The number of hydrogen-bond donors (Lipinski definition) is 3. The van der Waals surface area contributed by atoms with Gasteiger partial charge in [-0.3, -0.25) is 0 Å². The van der Waals surface area contributed by atoms with Crippen LogP contribution in [0.15, 0.2) is 66.9 Å². The van der Waals surface area contributed by atoms with E-state index < -0.39 is 6.10 Å². The first-order valence-corrected chi connectivity index (χ1v) is 14.7. The molecule has 1 atom stereocenters. The maximum atomic E-state index is 15.2. The Morgan fingerprint density at radius 1 is 1.07 bits per heavy atom. The summed E-state index contributed by atoms with van der Waals surface area (Å²) in [7, 11) is 0. The van der Waals surface area contributed by atoms with Gasteiger partial charge in [0.2, 0.25) is 0 Å². The third-order valence-electron chi connectivity index (χ3n) is 8.31. The van der Waals surface area contributed by atoms with Gasteiger partial charge in [0.1, 0.15) is 29.2 Å². The summed E-state index contributed by atoms with van der Waals surface area (Å²) < 4.78 is 22.8. The fourth-order valence-electron chi connectivity index (χ4n) is 5.92. The second-order valence-electron chi connectivity index (χ2n) is 11.4. The summed E-state index contributed by atoms with van der Waals surface area (Å²) in [5, 5.41) is 17.2. The van der Waals surface area contributed by atoms with E-state index in [1.807, 2.05) is 49.4 Å². The lowest BCUT2D eigenvalue weighted by atomic mass is 9.88. The molecule has 0 saturated carbocycles. The smallest absolute Gasteiger partial charge is 0.133 e. The summed E-state index contributed by atoms with van der Waals surface area (Å²) in [5.74, 6) is 1.59. The van der Waals surface area contributed by atoms with Crippen LogP contribution in [0.1, 0.15) is 61.1 Å². The quantitative estimate of drug-likeness (QED) is 0.183. The topological polar surface area (TPSA) is 92.3 Å². The zero-order chi connectivity index (χ0) is 29.5. The monoisotopic (exact) mass is 587 g/mol. The van der Waals surface area contributed by atoms with E-state index in [-0.39, 0.29) is 11.7 Å². The van der Waals surface area contributed by atoms with E-state index in [4.69, 9.17) is 22.1 Å². The SMILES string of the molecule is Cc1cc(Oc2cccc(Cl)c2)ccc1-n1ncc(C(O)c2cc3cc(C4CCN(C(C)C)CC4)c(F)cc3[nH]2)c1N. The standard InChI is InChI=1S/C33H35ClFN5O2/c1-19(2)39-11-9-21(10-12-39)26-14-22-15-30(38-29(22)17-28(26)35)32(41)27-18-37-40(33(27)36)31-8-7-25(13-20(31)3)42-24-6-4-5-23(34)16-24/h4-8,13-19,21,32,38,41H,9-12,36H2,1-3H3. The molecule has 2 aromatic heterocycles. The number of aryl methyl sites for hydroxylation is 1. The molecule has 0 amide bonds. The van der Waals surface area contributed by atoms with E-state index in [2.05, 4.69) is 28.8 Å². The minimum absolute atomic E-state index is 0.187. The zero-order valence-corrected chi connectivity index (χ0v) is 24.7. The number of ether oxygens (including phenoxy) is 1. The molecule has 218 valence electrons. The van der Waals surface area contributed by atoms with Crippen molar-refractivity contribution in [3.05, 3.63) is 100 Å². The van der Waals surface area contributed by atoms with E-state index in [0.29, 0.717) is 45.2 Å². The Balaban J connectivity index is 1.22. The number of aromatic amines is 1. The van der Waals surface area contributed by atoms with Gasteiger partial charge < -0.3 is 25.5 Å². The first kappa shape index (κ1) is 28.3. The average Bonchev–Trinajstić information content (AvgIpc) is 3.55. The number of likely N-dealkylation sites (tertiary alicyclic amines) is 1. The number of rotatable bonds is 7. The van der Waals surface area contributed by atoms with Gasteiger partial charge >= 0.3 is 0 Å². The van der Waals surface area contributed by atoms with E-state index in [0.717, 1.165) is 48.1 Å². The summed E-state index contributed by atoms with van der Waals surface area (Å²) in [5.41, 5.74) is 10.5. The number of hydrogen-bond acceptors (Lipinski definition) is 5. The van der Waals surface area contributed by atoms with E-state index in [1.165, 1.54) is 0 Å². The Kier molecular flexibility index (Phi) is 7.70. The van der Waals surface area contributed by atoms with Gasteiger partial charge in [-0.1, -0.05) is 17.7 Å². The third-order valence-corrected chi connectivity index (χ3v) is 8.55. The molecule has 7 nitrogen and oxygen atoms in total. The molecule has 0 aliphatic carbocycles. The number of nitrogens with zero attached hydrogens (tertiary/aromatic N) is 3. The second kappa shape index (κ2) is 11.4. The number of fused-ring (bicyclic) bond motifs is 1. The van der Waals surface area contributed by atoms with Gasteiger partial charge in [-0.05, 0) is 118 Å². The highest BCUT2D eigenvalue weighted by Crippen LogP contribution is 2.36. The number of nitrogen functional groups attached to an aromatic ring is 1. The molecule has 0 spiro atoms. The molecule has 3 heterocycles. The number of nitrogens with one attached hydrogen (secondary N) is 1. The molecule has 4 N–H and O–H groups in total. The van der Waals surface area contributed by atoms with Crippen molar-refractivity contribution in [3.8, 4) is 17.2 Å². The first-order chi connectivity index (χ1) is 20.2. The number of aliphatic hydroxyl groups is 1. The Labute approximate surface area is 249 Å². The molecular formula is C33H35ClFN5O2. The molecule has 42 heavy (non-hydrogen) atoms. The summed E-state index contributed by atoms with van der Waals surface area (Å²) in [6, 6.07) is 18.6. The number of H-pyrrole nitrogens is 1. The molecule has 6 rings (SSSR count). The van der Waals surface area contributed by atoms with Gasteiger partial charge in [-0.15, -0.1) is 0 Å². The lowest BCUT2D eigenvalue weighted by Gasteiger charge is -2.34. The van der Waals surface area contributed by atoms with E-state index >= 15 is 4.39 Å². The molecule has 1 aliphatic rings. The highest BCUT2D eigenvalue weighted by molar-refractivity contribution is 6.30. The maximum absolute atomic E-state index is 15.2. The van der Waals surface area contributed by atoms with Crippen molar-refractivity contribution in [1.82, 2.24) is 19.7 Å². The van der Waals surface area contributed by atoms with Gasteiger partial charge in [-0.25, -0.2) is 9.07 Å². The second-order valence-corrected chi connectivity index (χ2v) is 11.8. The Morgan fingerprint density at radius 2 is 1.83 bits per heavy atom. The van der Waals surface area contributed by atoms with Crippen molar-refractivity contribution in [3.63, 3.8) is 0 Å². The van der Waals surface area contributed by atoms with Crippen LogP contribution >= 0.6 is 11.6 Å². The maximum Gasteiger partial charge on any atom is 0.133 e. The van der Waals surface area contributed by atoms with E-state index in [1.54, 1.807) is 29.1 Å². The molecule has 0 radical (unpaired) electrons. The van der Waals surface area contributed by atoms with Crippen LogP contribution < -0.4 is 10.5 Å². The van der Waals surface area contributed by atoms with Crippen LogP contribution in [0.4, 0.5) is 10.2 Å². The lowest BCUT2D eigenvalue weighted by molar-refractivity contribution is 0.171. The van der Waals surface area contributed by atoms with Crippen LogP contribution in [0.2, 0.25) is 5.02 Å². The Bertz CT molecular complexity index is 1740. The molecular weight excluding hydrogens is 553 g/mol. The largest absolute Gasteiger partial charge is 0.457 e. The van der Waals surface area contributed by atoms with Crippen LogP contribution in [0.3, 0.4) is 0 Å². The van der Waals surface area contributed by atoms with Gasteiger partial charge in [0, 0.05) is 33.2 Å². The molecule has 3 aromatic carbocycles. The third kappa shape index (κ3) is 5.50. The van der Waals surface area contributed by atoms with Crippen molar-refractivity contribution >= 4 is 28.3 Å². The highest BCUT2D eigenvalue weighted by Gasteiger charge is 2.26. The van der Waals surface area contributed by atoms with Crippen LogP contribution in [0.5, 0.6) is 11.5 Å². The number of anilines is 1. The van der Waals surface area contributed by atoms with Crippen molar-refractivity contribution in [2.75, 3.05) is 18.8 Å². The van der Waals surface area contributed by atoms with Crippen LogP contribution in [0, 0.1) is 12.7 Å². The number of halogens is 2. The van der Waals surface area contributed by atoms with Crippen molar-refractivity contribution in [1.29, 1.82) is 0 Å². The predicted molar refractivity (Wildman–Crippen MR) is 165 cm³/mol. The van der Waals surface area contributed by atoms with Crippen molar-refractivity contribution in [2.45, 2.75) is 51.7 Å². The predicted octanol–water partition coefficient (Wildman–Crippen LogP) is 7.50. The van der Waals surface area contributed by atoms with Crippen molar-refractivity contribution < 1.29 is 14.2 Å². The number of aromatic nitrogens is 3. The number of piperidine rings is 1. The number of aliphatic hydroxyl groups excluding tert-OH is 1. The summed E-state index contributed by atoms with van der Waals surface area (Å²) >= 11 is 6.07. The molecule has 1 unspecified atom stereocenters. The van der Waals surface area contributed by atoms with Gasteiger partial charge in [-0.2, -0.15) is 5.10 Å². The normalized spacial score (nSPS) is 15.5. The van der Waals surface area contributed by atoms with Crippen LogP contribution in [-0.4, -0.2) is 43.9 Å². The molecule has 1 saturated heterocycles. The summed E-state index contributed by atoms with van der Waals surface area (Å²) in [6.07, 6.45) is 2.38. The molecule has 0 bridgehead atoms.